The molecule has 0 aliphatic carbocycles. The number of rotatable bonds is 9. The van der Waals surface area contributed by atoms with Gasteiger partial charge in [0.25, 0.3) is 5.79 Å². The van der Waals surface area contributed by atoms with E-state index in [0.717, 1.165) is 11.1 Å². The van der Waals surface area contributed by atoms with Crippen LogP contribution < -0.4 is 0 Å². The van der Waals surface area contributed by atoms with Crippen LogP contribution in [0.15, 0.2) is 65.8 Å². The molecule has 1 aliphatic heterocycles. The van der Waals surface area contributed by atoms with Crippen LogP contribution in [0.25, 0.3) is 0 Å². The van der Waals surface area contributed by atoms with Gasteiger partial charge in [-0.1, -0.05) is 65.8 Å². The topological polar surface area (TPSA) is 80.5 Å². The van der Waals surface area contributed by atoms with E-state index < -0.39 is 18.0 Å². The van der Waals surface area contributed by atoms with E-state index in [9.17, 15) is 10.2 Å². The molecular weight excluding hydrogens is 334 g/mol. The molecule has 138 valence electrons. The number of aliphatic hydroxyl groups is 2. The van der Waals surface area contributed by atoms with Crippen LogP contribution >= 0.6 is 0 Å². The highest BCUT2D eigenvalue weighted by atomic mass is 16.8. The number of oxime groups is 1. The van der Waals surface area contributed by atoms with Crippen molar-refractivity contribution in [2.75, 3.05) is 6.61 Å². The molecule has 6 heteroatoms. The van der Waals surface area contributed by atoms with Crippen LogP contribution in [0.5, 0.6) is 0 Å². The van der Waals surface area contributed by atoms with E-state index in [4.69, 9.17) is 14.3 Å². The Labute approximate surface area is 152 Å². The standard InChI is InChI=1S/C20H23NO5/c22-18(15-24-13-16-7-3-1-4-8-16)19(20(23)11-12-21-26-20)25-14-17-9-5-2-6-10-17/h1-10,12,18-19,22-23H,11,13-15H2/t18-,19+,20?/m1/s1. The molecule has 3 rings (SSSR count). The van der Waals surface area contributed by atoms with Gasteiger partial charge in [-0.05, 0) is 11.1 Å². The lowest BCUT2D eigenvalue weighted by Crippen LogP contribution is -2.52. The monoisotopic (exact) mass is 357 g/mol. The fraction of sp³-hybridized carbons (Fsp3) is 0.350. The van der Waals surface area contributed by atoms with Gasteiger partial charge in [-0.15, -0.1) is 0 Å². The van der Waals surface area contributed by atoms with E-state index in [-0.39, 0.29) is 19.6 Å². The minimum absolute atomic E-state index is 0.0000205. The summed E-state index contributed by atoms with van der Waals surface area (Å²) in [7, 11) is 0. The summed E-state index contributed by atoms with van der Waals surface area (Å²) in [4.78, 5) is 5.06. The predicted molar refractivity (Wildman–Crippen MR) is 96.3 cm³/mol. The minimum atomic E-state index is -1.70. The first kappa shape index (κ1) is 18.5. The van der Waals surface area contributed by atoms with Crippen molar-refractivity contribution in [3.8, 4) is 0 Å². The molecule has 1 unspecified atom stereocenters. The quantitative estimate of drug-likeness (QED) is 0.719. The number of nitrogens with zero attached hydrogens (tertiary/aromatic N) is 1. The summed E-state index contributed by atoms with van der Waals surface area (Å²) in [6.07, 6.45) is -0.478. The molecule has 0 saturated heterocycles. The Bertz CT molecular complexity index is 684. The van der Waals surface area contributed by atoms with Crippen LogP contribution in [-0.2, 0) is 27.5 Å². The van der Waals surface area contributed by atoms with Crippen molar-refractivity contribution in [3.05, 3.63) is 71.8 Å². The zero-order valence-corrected chi connectivity index (χ0v) is 14.4. The Morgan fingerprint density at radius 2 is 1.62 bits per heavy atom. The maximum atomic E-state index is 10.6. The highest BCUT2D eigenvalue weighted by Crippen LogP contribution is 2.27. The Hall–Kier alpha value is -2.25. The van der Waals surface area contributed by atoms with Crippen LogP contribution in [0.2, 0.25) is 0 Å². The molecule has 2 aromatic rings. The number of hydrogen-bond donors (Lipinski definition) is 2. The number of aliphatic hydroxyl groups excluding tert-OH is 1. The zero-order chi connectivity index (χ0) is 18.2. The lowest BCUT2D eigenvalue weighted by Gasteiger charge is -2.33. The van der Waals surface area contributed by atoms with Crippen LogP contribution in [0.3, 0.4) is 0 Å². The summed E-state index contributed by atoms with van der Waals surface area (Å²) in [6.45, 7) is 0.589. The van der Waals surface area contributed by atoms with Crippen molar-refractivity contribution < 1.29 is 24.5 Å². The second-order valence-corrected chi connectivity index (χ2v) is 6.21. The Morgan fingerprint density at radius 3 is 2.19 bits per heavy atom. The zero-order valence-electron chi connectivity index (χ0n) is 14.4. The molecule has 0 bridgehead atoms. The fourth-order valence-electron chi connectivity index (χ4n) is 2.76. The van der Waals surface area contributed by atoms with E-state index >= 15 is 0 Å². The Balaban J connectivity index is 1.58. The van der Waals surface area contributed by atoms with Crippen molar-refractivity contribution in [3.63, 3.8) is 0 Å². The lowest BCUT2D eigenvalue weighted by atomic mass is 10.0. The van der Waals surface area contributed by atoms with Gasteiger partial charge in [-0.3, -0.25) is 0 Å². The molecule has 0 radical (unpaired) electrons. The summed E-state index contributed by atoms with van der Waals surface area (Å²) >= 11 is 0. The largest absolute Gasteiger partial charge is 0.388 e. The maximum absolute atomic E-state index is 10.6. The lowest BCUT2D eigenvalue weighted by molar-refractivity contribution is -0.279. The average molecular weight is 357 g/mol. The molecule has 26 heavy (non-hydrogen) atoms. The molecular formula is C20H23NO5. The van der Waals surface area contributed by atoms with Crippen LogP contribution in [0.4, 0.5) is 0 Å². The van der Waals surface area contributed by atoms with E-state index in [1.165, 1.54) is 6.21 Å². The molecule has 6 nitrogen and oxygen atoms in total. The van der Waals surface area contributed by atoms with Gasteiger partial charge in [0.05, 0.1) is 32.5 Å². The third kappa shape index (κ3) is 4.89. The Kier molecular flexibility index (Phi) is 6.35. The SMILES string of the molecule is O[C@H](COCc1ccccc1)[C@H](OCc1ccccc1)C1(O)CC=NO1. The summed E-state index contributed by atoms with van der Waals surface area (Å²) in [5.41, 5.74) is 1.93. The maximum Gasteiger partial charge on any atom is 0.268 e. The van der Waals surface area contributed by atoms with Gasteiger partial charge in [0.15, 0.2) is 6.10 Å². The van der Waals surface area contributed by atoms with E-state index in [1.54, 1.807) is 0 Å². The molecule has 2 aromatic carbocycles. The molecule has 3 atom stereocenters. The first-order valence-corrected chi connectivity index (χ1v) is 8.55. The highest BCUT2D eigenvalue weighted by Gasteiger charge is 2.46. The predicted octanol–water partition coefficient (Wildman–Crippen LogP) is 2.24. The third-order valence-corrected chi connectivity index (χ3v) is 4.14. The van der Waals surface area contributed by atoms with E-state index in [2.05, 4.69) is 5.16 Å². The summed E-state index contributed by atoms with van der Waals surface area (Å²) in [5.74, 6) is -1.70. The second kappa shape index (κ2) is 8.91. The first-order chi connectivity index (χ1) is 12.7. The van der Waals surface area contributed by atoms with Gasteiger partial charge in [0.2, 0.25) is 0 Å². The van der Waals surface area contributed by atoms with Gasteiger partial charge < -0.3 is 24.5 Å². The van der Waals surface area contributed by atoms with Crippen molar-refractivity contribution in [2.45, 2.75) is 37.6 Å². The van der Waals surface area contributed by atoms with Crippen molar-refractivity contribution in [1.29, 1.82) is 0 Å². The molecule has 1 heterocycles. The normalized spacial score (nSPS) is 21.3. The third-order valence-electron chi connectivity index (χ3n) is 4.14. The van der Waals surface area contributed by atoms with Crippen molar-refractivity contribution in [2.24, 2.45) is 5.16 Å². The summed E-state index contributed by atoms with van der Waals surface area (Å²) < 4.78 is 11.4. The van der Waals surface area contributed by atoms with Crippen LogP contribution in [0, 0.1) is 0 Å². The Morgan fingerprint density at radius 1 is 1.00 bits per heavy atom. The van der Waals surface area contributed by atoms with Gasteiger partial charge in [-0.2, -0.15) is 0 Å². The van der Waals surface area contributed by atoms with Crippen LogP contribution in [-0.4, -0.2) is 41.0 Å². The molecule has 0 aromatic heterocycles. The highest BCUT2D eigenvalue weighted by molar-refractivity contribution is 5.59. The minimum Gasteiger partial charge on any atom is -0.388 e. The van der Waals surface area contributed by atoms with Gasteiger partial charge in [-0.25, -0.2) is 0 Å². The summed E-state index contributed by atoms with van der Waals surface area (Å²) in [5, 5.41) is 24.8. The second-order valence-electron chi connectivity index (χ2n) is 6.21. The molecule has 0 spiro atoms. The number of benzene rings is 2. The van der Waals surface area contributed by atoms with E-state index in [1.807, 2.05) is 60.7 Å². The van der Waals surface area contributed by atoms with E-state index in [0.29, 0.717) is 6.61 Å². The molecule has 0 amide bonds. The fourth-order valence-corrected chi connectivity index (χ4v) is 2.76. The number of ether oxygens (including phenoxy) is 2. The molecule has 1 aliphatic rings. The smallest absolute Gasteiger partial charge is 0.268 e. The van der Waals surface area contributed by atoms with Gasteiger partial charge >= 0.3 is 0 Å². The van der Waals surface area contributed by atoms with Crippen LogP contribution in [0.1, 0.15) is 17.5 Å². The number of hydrogen-bond acceptors (Lipinski definition) is 6. The molecule has 0 fully saturated rings. The van der Waals surface area contributed by atoms with Crippen molar-refractivity contribution in [1.82, 2.24) is 0 Å². The first-order valence-electron chi connectivity index (χ1n) is 8.55. The van der Waals surface area contributed by atoms with Gasteiger partial charge in [0, 0.05) is 0 Å². The molecule has 0 saturated carbocycles. The average Bonchev–Trinajstić information content (AvgIpc) is 3.11. The molecule has 2 N–H and O–H groups in total. The summed E-state index contributed by atoms with van der Waals surface area (Å²) in [6, 6.07) is 19.2. The van der Waals surface area contributed by atoms with Crippen molar-refractivity contribution >= 4 is 6.21 Å². The van der Waals surface area contributed by atoms with Gasteiger partial charge in [0.1, 0.15) is 6.10 Å².